The molecule has 1 fully saturated rings. The van der Waals surface area contributed by atoms with E-state index in [4.69, 9.17) is 0 Å². The summed E-state index contributed by atoms with van der Waals surface area (Å²) >= 11 is 0. The quantitative estimate of drug-likeness (QED) is 0.440. The number of hydrogen-bond acceptors (Lipinski definition) is 6. The summed E-state index contributed by atoms with van der Waals surface area (Å²) in [6.45, 7) is 3.29. The van der Waals surface area contributed by atoms with Crippen molar-refractivity contribution in [1.29, 1.82) is 0 Å². The number of anilines is 1. The van der Waals surface area contributed by atoms with Crippen LogP contribution >= 0.6 is 12.4 Å². The van der Waals surface area contributed by atoms with E-state index in [-0.39, 0.29) is 24.0 Å². The molecule has 0 spiro atoms. The highest BCUT2D eigenvalue weighted by molar-refractivity contribution is 5.85. The third kappa shape index (κ3) is 5.45. The van der Waals surface area contributed by atoms with Gasteiger partial charge in [0.15, 0.2) is 0 Å². The topological polar surface area (TPSA) is 100 Å². The number of aromatic nitrogens is 1. The SMILES string of the molecule is Cl.O=C(CNCCNc1ccc([N+](=O)[O-])cn1)N1CCCC1. The number of carbonyl (C=O) groups excluding carboxylic acids is 1. The van der Waals surface area contributed by atoms with Crippen molar-refractivity contribution in [2.45, 2.75) is 12.8 Å². The average molecular weight is 330 g/mol. The summed E-state index contributed by atoms with van der Waals surface area (Å²) in [6.07, 6.45) is 3.41. The molecule has 2 N–H and O–H groups in total. The largest absolute Gasteiger partial charge is 0.369 e. The van der Waals surface area contributed by atoms with Gasteiger partial charge < -0.3 is 15.5 Å². The van der Waals surface area contributed by atoms with Gasteiger partial charge in [0.1, 0.15) is 12.0 Å². The van der Waals surface area contributed by atoms with Crippen molar-refractivity contribution < 1.29 is 9.72 Å². The van der Waals surface area contributed by atoms with E-state index >= 15 is 0 Å². The van der Waals surface area contributed by atoms with Gasteiger partial charge in [0.05, 0.1) is 11.5 Å². The zero-order chi connectivity index (χ0) is 15.1. The molecule has 0 saturated carbocycles. The highest BCUT2D eigenvalue weighted by atomic mass is 35.5. The molecule has 8 nitrogen and oxygen atoms in total. The van der Waals surface area contributed by atoms with Crippen LogP contribution in [0, 0.1) is 10.1 Å². The molecular formula is C13H20ClN5O3. The predicted octanol–water partition coefficient (Wildman–Crippen LogP) is 1.04. The first-order valence-corrected chi connectivity index (χ1v) is 6.99. The molecule has 1 amide bonds. The van der Waals surface area contributed by atoms with Crippen LogP contribution in [-0.2, 0) is 4.79 Å². The molecular weight excluding hydrogens is 310 g/mol. The number of likely N-dealkylation sites (tertiary alicyclic amines) is 1. The van der Waals surface area contributed by atoms with Crippen LogP contribution in [-0.4, -0.2) is 53.4 Å². The maximum Gasteiger partial charge on any atom is 0.287 e. The number of carbonyl (C=O) groups is 1. The molecule has 0 aromatic carbocycles. The van der Waals surface area contributed by atoms with Gasteiger partial charge in [0.2, 0.25) is 5.91 Å². The fraction of sp³-hybridized carbons (Fsp3) is 0.538. The summed E-state index contributed by atoms with van der Waals surface area (Å²) in [4.78, 5) is 27.6. The minimum atomic E-state index is -0.484. The molecule has 2 rings (SSSR count). The van der Waals surface area contributed by atoms with Gasteiger partial charge >= 0.3 is 0 Å². The van der Waals surface area contributed by atoms with Crippen molar-refractivity contribution in [2.75, 3.05) is 38.0 Å². The lowest BCUT2D eigenvalue weighted by molar-refractivity contribution is -0.385. The highest BCUT2D eigenvalue weighted by Gasteiger charge is 2.16. The maximum atomic E-state index is 11.7. The minimum Gasteiger partial charge on any atom is -0.369 e. The highest BCUT2D eigenvalue weighted by Crippen LogP contribution is 2.11. The lowest BCUT2D eigenvalue weighted by atomic mass is 10.4. The zero-order valence-corrected chi connectivity index (χ0v) is 13.0. The summed E-state index contributed by atoms with van der Waals surface area (Å²) < 4.78 is 0. The molecule has 2 heterocycles. The van der Waals surface area contributed by atoms with E-state index in [1.165, 1.54) is 12.3 Å². The van der Waals surface area contributed by atoms with Crippen LogP contribution in [0.5, 0.6) is 0 Å². The van der Waals surface area contributed by atoms with Crippen molar-refractivity contribution in [2.24, 2.45) is 0 Å². The number of rotatable bonds is 7. The van der Waals surface area contributed by atoms with Crippen LogP contribution in [0.4, 0.5) is 11.5 Å². The molecule has 9 heteroatoms. The van der Waals surface area contributed by atoms with Crippen molar-refractivity contribution in [3.8, 4) is 0 Å². The van der Waals surface area contributed by atoms with Gasteiger partial charge in [-0.15, -0.1) is 12.4 Å². The molecule has 0 bridgehead atoms. The Kier molecular flexibility index (Phi) is 7.55. The molecule has 122 valence electrons. The molecule has 1 aliphatic heterocycles. The molecule has 0 unspecified atom stereocenters. The number of hydrogen-bond donors (Lipinski definition) is 2. The third-order valence-electron chi connectivity index (χ3n) is 3.30. The first kappa shape index (κ1) is 18.1. The molecule has 22 heavy (non-hydrogen) atoms. The second-order valence-electron chi connectivity index (χ2n) is 4.85. The molecule has 0 radical (unpaired) electrons. The van der Waals surface area contributed by atoms with Gasteiger partial charge in [0.25, 0.3) is 5.69 Å². The molecule has 1 aromatic rings. The zero-order valence-electron chi connectivity index (χ0n) is 12.2. The fourth-order valence-corrected chi connectivity index (χ4v) is 2.15. The summed E-state index contributed by atoms with van der Waals surface area (Å²) in [5, 5.41) is 16.6. The molecule has 0 atom stereocenters. The van der Waals surface area contributed by atoms with Gasteiger partial charge in [-0.25, -0.2) is 4.98 Å². The van der Waals surface area contributed by atoms with Crippen LogP contribution in [0.15, 0.2) is 18.3 Å². The lowest BCUT2D eigenvalue weighted by Crippen LogP contribution is -2.37. The molecule has 0 aliphatic carbocycles. The average Bonchev–Trinajstić information content (AvgIpc) is 3.01. The van der Waals surface area contributed by atoms with Gasteiger partial charge in [0, 0.05) is 32.2 Å². The Hall–Kier alpha value is -1.93. The Morgan fingerprint density at radius 2 is 2.05 bits per heavy atom. The minimum absolute atomic E-state index is 0. The van der Waals surface area contributed by atoms with Crippen LogP contribution in [0.1, 0.15) is 12.8 Å². The monoisotopic (exact) mass is 329 g/mol. The van der Waals surface area contributed by atoms with Crippen LogP contribution in [0.2, 0.25) is 0 Å². The number of nitrogens with one attached hydrogen (secondary N) is 2. The van der Waals surface area contributed by atoms with Crippen LogP contribution < -0.4 is 10.6 Å². The van der Waals surface area contributed by atoms with E-state index in [1.54, 1.807) is 6.07 Å². The summed E-state index contributed by atoms with van der Waals surface area (Å²) in [5.41, 5.74) is -0.0325. The summed E-state index contributed by atoms with van der Waals surface area (Å²) in [6, 6.07) is 2.97. The van der Waals surface area contributed by atoms with Gasteiger partial charge in [-0.2, -0.15) is 0 Å². The van der Waals surface area contributed by atoms with E-state index in [9.17, 15) is 14.9 Å². The Labute approximate surface area is 134 Å². The Bertz CT molecular complexity index is 491. The van der Waals surface area contributed by atoms with E-state index in [1.807, 2.05) is 4.90 Å². The predicted molar refractivity (Wildman–Crippen MR) is 85.3 cm³/mol. The maximum absolute atomic E-state index is 11.7. The lowest BCUT2D eigenvalue weighted by Gasteiger charge is -2.15. The van der Waals surface area contributed by atoms with Crippen molar-refractivity contribution in [3.63, 3.8) is 0 Å². The molecule has 1 saturated heterocycles. The summed E-state index contributed by atoms with van der Waals surface area (Å²) in [7, 11) is 0. The van der Waals surface area contributed by atoms with Gasteiger partial charge in [-0.1, -0.05) is 0 Å². The number of amides is 1. The Balaban J connectivity index is 0.00000242. The van der Waals surface area contributed by atoms with Gasteiger partial charge in [-0.3, -0.25) is 14.9 Å². The van der Waals surface area contributed by atoms with Gasteiger partial charge in [-0.05, 0) is 18.9 Å². The number of nitrogens with zero attached hydrogens (tertiary/aromatic N) is 3. The van der Waals surface area contributed by atoms with E-state index in [0.29, 0.717) is 25.5 Å². The second-order valence-corrected chi connectivity index (χ2v) is 4.85. The first-order valence-electron chi connectivity index (χ1n) is 6.99. The smallest absolute Gasteiger partial charge is 0.287 e. The molecule has 1 aromatic heterocycles. The second kappa shape index (κ2) is 9.16. The van der Waals surface area contributed by atoms with E-state index < -0.39 is 4.92 Å². The number of halogens is 1. The van der Waals surface area contributed by atoms with Crippen molar-refractivity contribution >= 4 is 29.8 Å². The molecule has 1 aliphatic rings. The third-order valence-corrected chi connectivity index (χ3v) is 3.30. The van der Waals surface area contributed by atoms with Crippen LogP contribution in [0.3, 0.4) is 0 Å². The summed E-state index contributed by atoms with van der Waals surface area (Å²) in [5.74, 6) is 0.717. The standard InChI is InChI=1S/C13H19N5O3.ClH/c19-13(17-7-1-2-8-17)10-14-5-6-15-12-4-3-11(9-16-12)18(20)21;/h3-4,9,14H,1-2,5-8,10H2,(H,15,16);1H. The normalized spacial score (nSPS) is 13.5. The fourth-order valence-electron chi connectivity index (χ4n) is 2.15. The van der Waals surface area contributed by atoms with Crippen LogP contribution in [0.25, 0.3) is 0 Å². The first-order chi connectivity index (χ1) is 10.2. The number of nitro groups is 1. The Morgan fingerprint density at radius 3 is 2.64 bits per heavy atom. The van der Waals surface area contributed by atoms with Crippen molar-refractivity contribution in [3.05, 3.63) is 28.4 Å². The number of pyridine rings is 1. The van der Waals surface area contributed by atoms with E-state index in [2.05, 4.69) is 15.6 Å². The van der Waals surface area contributed by atoms with E-state index in [0.717, 1.165) is 25.9 Å². The van der Waals surface area contributed by atoms with Crippen molar-refractivity contribution in [1.82, 2.24) is 15.2 Å². The Morgan fingerprint density at radius 1 is 1.32 bits per heavy atom.